The van der Waals surface area contributed by atoms with Gasteiger partial charge in [-0.25, -0.2) is 4.79 Å². The minimum atomic E-state index is -1.02. The second-order valence-electron chi connectivity index (χ2n) is 6.87. The molecule has 3 rings (SSSR count). The lowest BCUT2D eigenvalue weighted by Crippen LogP contribution is -2.43. The number of carbonyl (C=O) groups is 3. The Morgan fingerprint density at radius 3 is 2.35 bits per heavy atom. The molecule has 2 aromatic rings. The number of allylic oxidation sites excluding steroid dienone is 1. The zero-order valence-corrected chi connectivity index (χ0v) is 17.8. The molecule has 0 fully saturated rings. The van der Waals surface area contributed by atoms with Gasteiger partial charge in [-0.05, 0) is 31.2 Å². The van der Waals surface area contributed by atoms with Gasteiger partial charge in [0.15, 0.2) is 0 Å². The van der Waals surface area contributed by atoms with Crippen LogP contribution in [0.15, 0.2) is 59.8 Å². The van der Waals surface area contributed by atoms with Gasteiger partial charge in [0.05, 0.1) is 38.5 Å². The van der Waals surface area contributed by atoms with Crippen molar-refractivity contribution in [3.05, 3.63) is 59.8 Å². The van der Waals surface area contributed by atoms with Crippen molar-refractivity contribution in [2.75, 3.05) is 31.5 Å². The number of nitrogens with zero attached hydrogens (tertiary/aromatic N) is 1. The number of methoxy groups -OCH3 is 3. The van der Waals surface area contributed by atoms with Crippen LogP contribution < -0.4 is 19.7 Å². The Bertz CT molecular complexity index is 1030. The summed E-state index contributed by atoms with van der Waals surface area (Å²) in [4.78, 5) is 40.2. The third-order valence-electron chi connectivity index (χ3n) is 5.10. The number of rotatable bonds is 6. The molecule has 0 radical (unpaired) electrons. The van der Waals surface area contributed by atoms with E-state index in [2.05, 4.69) is 5.32 Å². The van der Waals surface area contributed by atoms with E-state index in [0.29, 0.717) is 28.6 Å². The third kappa shape index (κ3) is 4.37. The zero-order chi connectivity index (χ0) is 22.5. The molecular weight excluding hydrogens is 400 g/mol. The minimum absolute atomic E-state index is 0.130. The van der Waals surface area contributed by atoms with E-state index in [4.69, 9.17) is 14.2 Å². The van der Waals surface area contributed by atoms with Gasteiger partial charge < -0.3 is 19.5 Å². The first-order valence-corrected chi connectivity index (χ1v) is 9.61. The van der Waals surface area contributed by atoms with Crippen LogP contribution in [0, 0.1) is 5.92 Å². The van der Waals surface area contributed by atoms with Gasteiger partial charge in [0, 0.05) is 23.9 Å². The fourth-order valence-electron chi connectivity index (χ4n) is 3.60. The first-order chi connectivity index (χ1) is 14.9. The monoisotopic (exact) mass is 424 g/mol. The maximum Gasteiger partial charge on any atom is 0.336 e. The zero-order valence-electron chi connectivity index (χ0n) is 17.8. The lowest BCUT2D eigenvalue weighted by Gasteiger charge is -2.33. The van der Waals surface area contributed by atoms with Crippen molar-refractivity contribution in [2.45, 2.75) is 13.3 Å². The van der Waals surface area contributed by atoms with Gasteiger partial charge in [0.2, 0.25) is 11.8 Å². The largest absolute Gasteiger partial charge is 0.497 e. The number of benzene rings is 2. The summed E-state index contributed by atoms with van der Waals surface area (Å²) in [6, 6.07) is 13.9. The first kappa shape index (κ1) is 21.9. The Kier molecular flexibility index (Phi) is 6.59. The fourth-order valence-corrected chi connectivity index (χ4v) is 3.60. The summed E-state index contributed by atoms with van der Waals surface area (Å²) in [5.74, 6) is -1.56. The SMILES string of the molecule is COC(=O)C1=C(C)N(c2ccccc2)C(=O)C[C@H]1C(=O)Nc1cc(OC)ccc1OC. The van der Waals surface area contributed by atoms with E-state index in [1.807, 2.05) is 6.07 Å². The van der Waals surface area contributed by atoms with E-state index in [0.717, 1.165) is 0 Å². The van der Waals surface area contributed by atoms with Gasteiger partial charge in [-0.3, -0.25) is 14.5 Å². The summed E-state index contributed by atoms with van der Waals surface area (Å²) in [5, 5.41) is 2.75. The number of nitrogens with one attached hydrogen (secondary N) is 1. The van der Waals surface area contributed by atoms with Crippen molar-refractivity contribution in [3.8, 4) is 11.5 Å². The molecule has 0 aromatic heterocycles. The second-order valence-corrected chi connectivity index (χ2v) is 6.87. The molecule has 162 valence electrons. The molecule has 0 unspecified atom stereocenters. The molecule has 0 bridgehead atoms. The van der Waals surface area contributed by atoms with Gasteiger partial charge in [0.1, 0.15) is 11.5 Å². The summed E-state index contributed by atoms with van der Waals surface area (Å²) in [7, 11) is 4.22. The number of anilines is 2. The first-order valence-electron chi connectivity index (χ1n) is 9.61. The number of carbonyl (C=O) groups excluding carboxylic acids is 3. The molecule has 8 nitrogen and oxygen atoms in total. The number of hydrogen-bond donors (Lipinski definition) is 1. The lowest BCUT2D eigenvalue weighted by molar-refractivity contribution is -0.138. The van der Waals surface area contributed by atoms with Gasteiger partial charge in [-0.2, -0.15) is 0 Å². The predicted molar refractivity (Wildman–Crippen MR) is 115 cm³/mol. The van der Waals surface area contributed by atoms with Crippen LogP contribution in [0.2, 0.25) is 0 Å². The van der Waals surface area contributed by atoms with Crippen molar-refractivity contribution < 1.29 is 28.6 Å². The van der Waals surface area contributed by atoms with E-state index in [1.165, 1.54) is 26.2 Å². The third-order valence-corrected chi connectivity index (χ3v) is 5.10. The normalized spacial score (nSPS) is 16.1. The van der Waals surface area contributed by atoms with Crippen LogP contribution >= 0.6 is 0 Å². The van der Waals surface area contributed by atoms with E-state index < -0.39 is 17.8 Å². The summed E-state index contributed by atoms with van der Waals surface area (Å²) in [5.41, 5.74) is 1.46. The van der Waals surface area contributed by atoms with Crippen molar-refractivity contribution in [1.29, 1.82) is 0 Å². The highest BCUT2D eigenvalue weighted by Crippen LogP contribution is 2.35. The molecule has 0 spiro atoms. The summed E-state index contributed by atoms with van der Waals surface area (Å²) >= 11 is 0. The molecule has 1 N–H and O–H groups in total. The van der Waals surface area contributed by atoms with Crippen LogP contribution in [0.4, 0.5) is 11.4 Å². The average molecular weight is 424 g/mol. The summed E-state index contributed by atoms with van der Waals surface area (Å²) < 4.78 is 15.4. The highest BCUT2D eigenvalue weighted by atomic mass is 16.5. The van der Waals surface area contributed by atoms with E-state index >= 15 is 0 Å². The molecule has 0 saturated heterocycles. The highest BCUT2D eigenvalue weighted by molar-refractivity contribution is 6.10. The molecule has 2 amide bonds. The standard InChI is InChI=1S/C23H24N2O6/c1-14-21(23(28)31-4)17(13-20(26)25(14)15-8-6-5-7-9-15)22(27)24-18-12-16(29-2)10-11-19(18)30-3/h5-12,17H,13H2,1-4H3,(H,24,27)/t17-/m1/s1. The van der Waals surface area contributed by atoms with E-state index in [1.54, 1.807) is 49.4 Å². The Morgan fingerprint density at radius 1 is 1.03 bits per heavy atom. The number of hydrogen-bond acceptors (Lipinski definition) is 6. The topological polar surface area (TPSA) is 94.2 Å². The van der Waals surface area contributed by atoms with Crippen LogP contribution in [0.25, 0.3) is 0 Å². The Labute approximate surface area is 180 Å². The molecule has 1 aliphatic heterocycles. The van der Waals surface area contributed by atoms with Crippen LogP contribution in [0.3, 0.4) is 0 Å². The number of para-hydroxylation sites is 1. The number of amides is 2. The molecular formula is C23H24N2O6. The molecule has 0 aliphatic carbocycles. The van der Waals surface area contributed by atoms with Gasteiger partial charge >= 0.3 is 5.97 Å². The summed E-state index contributed by atoms with van der Waals surface area (Å²) in [6.07, 6.45) is -0.186. The van der Waals surface area contributed by atoms with Gasteiger partial charge in [-0.1, -0.05) is 18.2 Å². The van der Waals surface area contributed by atoms with Crippen LogP contribution in [-0.4, -0.2) is 39.1 Å². The number of esters is 1. The minimum Gasteiger partial charge on any atom is -0.497 e. The Hall–Kier alpha value is -3.81. The molecule has 1 heterocycles. The van der Waals surface area contributed by atoms with Crippen molar-refractivity contribution in [2.24, 2.45) is 5.92 Å². The quantitative estimate of drug-likeness (QED) is 0.716. The average Bonchev–Trinajstić information content (AvgIpc) is 2.78. The van der Waals surface area contributed by atoms with Crippen LogP contribution in [0.1, 0.15) is 13.3 Å². The maximum atomic E-state index is 13.2. The van der Waals surface area contributed by atoms with E-state index in [9.17, 15) is 14.4 Å². The Balaban J connectivity index is 2.00. The maximum absolute atomic E-state index is 13.2. The molecule has 0 saturated carbocycles. The van der Waals surface area contributed by atoms with Gasteiger partial charge in [-0.15, -0.1) is 0 Å². The Morgan fingerprint density at radius 2 is 1.74 bits per heavy atom. The predicted octanol–water partition coefficient (Wildman–Crippen LogP) is 3.14. The van der Waals surface area contributed by atoms with Crippen molar-refractivity contribution in [3.63, 3.8) is 0 Å². The highest BCUT2D eigenvalue weighted by Gasteiger charge is 2.40. The van der Waals surface area contributed by atoms with Crippen molar-refractivity contribution in [1.82, 2.24) is 0 Å². The molecule has 2 aromatic carbocycles. The smallest absolute Gasteiger partial charge is 0.336 e. The molecule has 31 heavy (non-hydrogen) atoms. The fraction of sp³-hybridized carbons (Fsp3) is 0.261. The molecule has 8 heteroatoms. The van der Waals surface area contributed by atoms with Crippen molar-refractivity contribution >= 4 is 29.2 Å². The van der Waals surface area contributed by atoms with Crippen LogP contribution in [-0.2, 0) is 19.1 Å². The molecule has 1 atom stereocenters. The summed E-state index contributed by atoms with van der Waals surface area (Å²) in [6.45, 7) is 1.63. The lowest BCUT2D eigenvalue weighted by atomic mass is 9.88. The van der Waals surface area contributed by atoms with Gasteiger partial charge in [0.25, 0.3) is 0 Å². The molecule has 1 aliphatic rings. The number of ether oxygens (including phenoxy) is 3. The second kappa shape index (κ2) is 9.34. The van der Waals surface area contributed by atoms with Crippen LogP contribution in [0.5, 0.6) is 11.5 Å². The van der Waals surface area contributed by atoms with E-state index in [-0.39, 0.29) is 17.9 Å².